The van der Waals surface area contributed by atoms with Crippen LogP contribution in [-0.2, 0) is 6.61 Å². The van der Waals surface area contributed by atoms with Crippen LogP contribution in [0.3, 0.4) is 0 Å². The van der Waals surface area contributed by atoms with E-state index in [0.29, 0.717) is 24.0 Å². The molecule has 30 heavy (non-hydrogen) atoms. The molecule has 0 radical (unpaired) electrons. The predicted octanol–water partition coefficient (Wildman–Crippen LogP) is 4.63. The molecule has 0 aliphatic carbocycles. The molecule has 0 bridgehead atoms. The molecule has 156 valence electrons. The van der Waals surface area contributed by atoms with Crippen molar-refractivity contribution in [2.24, 2.45) is 0 Å². The lowest BCUT2D eigenvalue weighted by Crippen LogP contribution is -2.61. The van der Waals surface area contributed by atoms with Gasteiger partial charge in [0.25, 0.3) is 5.91 Å². The molecule has 2 saturated heterocycles. The van der Waals surface area contributed by atoms with Gasteiger partial charge in [-0.3, -0.25) is 9.69 Å². The Morgan fingerprint density at radius 2 is 1.83 bits per heavy atom. The number of rotatable bonds is 5. The molecular formula is C25H28N2O3. The fourth-order valence-electron chi connectivity index (χ4n) is 4.59. The number of fused-ring (bicyclic) bond motifs is 1. The summed E-state index contributed by atoms with van der Waals surface area (Å²) in [7, 11) is 0. The highest BCUT2D eigenvalue weighted by atomic mass is 16.5. The molecule has 1 amide bonds. The summed E-state index contributed by atoms with van der Waals surface area (Å²) in [5, 5.41) is 0.837. The SMILES string of the molecule is Cc1oc2ccc(OCc3ccccc3)cc2c1C(=O)N1CC(N2CCCCC2)C1. The maximum absolute atomic E-state index is 13.2. The molecule has 5 nitrogen and oxygen atoms in total. The minimum atomic E-state index is 0.0692. The van der Waals surface area contributed by atoms with E-state index in [-0.39, 0.29) is 5.91 Å². The number of aryl methyl sites for hydroxylation is 1. The average Bonchev–Trinajstić information content (AvgIpc) is 3.07. The first-order valence-corrected chi connectivity index (χ1v) is 10.9. The van der Waals surface area contributed by atoms with Crippen molar-refractivity contribution < 1.29 is 13.9 Å². The molecule has 3 aromatic rings. The summed E-state index contributed by atoms with van der Waals surface area (Å²) in [4.78, 5) is 17.7. The number of ether oxygens (including phenoxy) is 1. The quantitative estimate of drug-likeness (QED) is 0.622. The number of likely N-dealkylation sites (tertiary alicyclic amines) is 2. The minimum absolute atomic E-state index is 0.0692. The third-order valence-corrected chi connectivity index (χ3v) is 6.35. The second kappa shape index (κ2) is 8.15. The van der Waals surface area contributed by atoms with Crippen LogP contribution in [0.1, 0.15) is 40.9 Å². The van der Waals surface area contributed by atoms with E-state index in [4.69, 9.17) is 9.15 Å². The van der Waals surface area contributed by atoms with Crippen LogP contribution >= 0.6 is 0 Å². The summed E-state index contributed by atoms with van der Waals surface area (Å²) in [6.07, 6.45) is 3.89. The zero-order valence-electron chi connectivity index (χ0n) is 17.5. The Balaban J connectivity index is 1.31. The third-order valence-electron chi connectivity index (χ3n) is 6.35. The lowest BCUT2D eigenvalue weighted by molar-refractivity contribution is 0.0203. The van der Waals surface area contributed by atoms with E-state index >= 15 is 0 Å². The largest absolute Gasteiger partial charge is 0.489 e. The number of hydrogen-bond donors (Lipinski definition) is 0. The van der Waals surface area contributed by atoms with Crippen LogP contribution in [-0.4, -0.2) is 47.9 Å². The van der Waals surface area contributed by atoms with Gasteiger partial charge >= 0.3 is 0 Å². The van der Waals surface area contributed by atoms with Crippen LogP contribution in [0, 0.1) is 6.92 Å². The molecule has 2 fully saturated rings. The van der Waals surface area contributed by atoms with E-state index in [0.717, 1.165) is 35.4 Å². The second-order valence-electron chi connectivity index (χ2n) is 8.43. The Bertz CT molecular complexity index is 1030. The lowest BCUT2D eigenvalue weighted by atomic mass is 10.0. The molecule has 2 aliphatic rings. The predicted molar refractivity (Wildman–Crippen MR) is 117 cm³/mol. The number of benzene rings is 2. The summed E-state index contributed by atoms with van der Waals surface area (Å²) < 4.78 is 11.9. The Labute approximate surface area is 177 Å². The molecule has 2 aliphatic heterocycles. The Morgan fingerprint density at radius 3 is 2.60 bits per heavy atom. The summed E-state index contributed by atoms with van der Waals surface area (Å²) in [6, 6.07) is 16.3. The van der Waals surface area contributed by atoms with Gasteiger partial charge in [-0.1, -0.05) is 36.8 Å². The van der Waals surface area contributed by atoms with Crippen LogP contribution in [0.15, 0.2) is 52.9 Å². The molecule has 3 heterocycles. The zero-order valence-corrected chi connectivity index (χ0v) is 17.5. The van der Waals surface area contributed by atoms with E-state index in [9.17, 15) is 4.79 Å². The average molecular weight is 405 g/mol. The first-order chi connectivity index (χ1) is 14.7. The van der Waals surface area contributed by atoms with Gasteiger partial charge in [-0.15, -0.1) is 0 Å². The second-order valence-corrected chi connectivity index (χ2v) is 8.43. The van der Waals surface area contributed by atoms with E-state index in [2.05, 4.69) is 4.90 Å². The zero-order chi connectivity index (χ0) is 20.5. The van der Waals surface area contributed by atoms with Gasteiger partial charge in [-0.25, -0.2) is 0 Å². The summed E-state index contributed by atoms with van der Waals surface area (Å²) in [6.45, 7) is 6.34. The fourth-order valence-corrected chi connectivity index (χ4v) is 4.59. The van der Waals surface area contributed by atoms with Gasteiger partial charge in [0, 0.05) is 24.5 Å². The van der Waals surface area contributed by atoms with E-state index in [1.165, 1.54) is 32.4 Å². The van der Waals surface area contributed by atoms with Crippen LogP contribution < -0.4 is 4.74 Å². The van der Waals surface area contributed by atoms with Crippen LogP contribution in [0.2, 0.25) is 0 Å². The minimum Gasteiger partial charge on any atom is -0.489 e. The number of furan rings is 1. The van der Waals surface area contributed by atoms with Crippen molar-refractivity contribution in [3.63, 3.8) is 0 Å². The van der Waals surface area contributed by atoms with Crippen LogP contribution in [0.4, 0.5) is 0 Å². The smallest absolute Gasteiger partial charge is 0.258 e. The molecule has 5 heteroatoms. The maximum Gasteiger partial charge on any atom is 0.258 e. The standard InChI is InChI=1S/C25H28N2O3/c1-18-24(25(28)27-15-20(16-27)26-12-6-3-7-13-26)22-14-21(10-11-23(22)30-18)29-17-19-8-4-2-5-9-19/h2,4-5,8-11,14,20H,3,6-7,12-13,15-17H2,1H3. The highest BCUT2D eigenvalue weighted by molar-refractivity contribution is 6.07. The van der Waals surface area contributed by atoms with Gasteiger partial charge in [0.15, 0.2) is 0 Å². The van der Waals surface area contributed by atoms with Gasteiger partial charge in [0.2, 0.25) is 0 Å². The van der Waals surface area contributed by atoms with Crippen molar-refractivity contribution in [1.29, 1.82) is 0 Å². The molecular weight excluding hydrogens is 376 g/mol. The van der Waals surface area contributed by atoms with Crippen molar-refractivity contribution in [3.8, 4) is 5.75 Å². The molecule has 0 unspecified atom stereocenters. The van der Waals surface area contributed by atoms with Gasteiger partial charge < -0.3 is 14.1 Å². The first-order valence-electron chi connectivity index (χ1n) is 10.9. The third kappa shape index (κ3) is 3.70. The number of amides is 1. The molecule has 2 aromatic carbocycles. The van der Waals surface area contributed by atoms with Gasteiger partial charge in [0.1, 0.15) is 23.7 Å². The molecule has 5 rings (SSSR count). The van der Waals surface area contributed by atoms with Crippen LogP contribution in [0.25, 0.3) is 11.0 Å². The number of carbonyl (C=O) groups is 1. The summed E-state index contributed by atoms with van der Waals surface area (Å²) in [5.74, 6) is 1.49. The van der Waals surface area contributed by atoms with Crippen molar-refractivity contribution in [2.45, 2.75) is 38.8 Å². The molecule has 1 aromatic heterocycles. The van der Waals surface area contributed by atoms with E-state index in [1.807, 2.05) is 60.4 Å². The van der Waals surface area contributed by atoms with Gasteiger partial charge in [0.05, 0.1) is 5.56 Å². The normalized spacial score (nSPS) is 17.8. The van der Waals surface area contributed by atoms with E-state index < -0.39 is 0 Å². The topological polar surface area (TPSA) is 45.9 Å². The van der Waals surface area contributed by atoms with Gasteiger partial charge in [-0.05, 0) is 56.6 Å². The molecule has 0 N–H and O–H groups in total. The summed E-state index contributed by atoms with van der Waals surface area (Å²) >= 11 is 0. The number of piperidine rings is 1. The summed E-state index contributed by atoms with van der Waals surface area (Å²) in [5.41, 5.74) is 2.52. The van der Waals surface area contributed by atoms with E-state index in [1.54, 1.807) is 0 Å². The highest BCUT2D eigenvalue weighted by Gasteiger charge is 2.37. The first kappa shape index (κ1) is 19.2. The fraction of sp³-hybridized carbons (Fsp3) is 0.400. The number of carbonyl (C=O) groups excluding carboxylic acids is 1. The van der Waals surface area contributed by atoms with Crippen molar-refractivity contribution in [1.82, 2.24) is 9.80 Å². The molecule has 0 saturated carbocycles. The van der Waals surface area contributed by atoms with Crippen molar-refractivity contribution in [2.75, 3.05) is 26.2 Å². The van der Waals surface area contributed by atoms with Crippen LogP contribution in [0.5, 0.6) is 5.75 Å². The monoisotopic (exact) mass is 404 g/mol. The lowest BCUT2D eigenvalue weighted by Gasteiger charge is -2.46. The Morgan fingerprint density at radius 1 is 1.07 bits per heavy atom. The Hall–Kier alpha value is -2.79. The van der Waals surface area contributed by atoms with Gasteiger partial charge in [-0.2, -0.15) is 0 Å². The molecule has 0 spiro atoms. The maximum atomic E-state index is 13.2. The number of hydrogen-bond acceptors (Lipinski definition) is 4. The Kier molecular flexibility index (Phi) is 5.21. The highest BCUT2D eigenvalue weighted by Crippen LogP contribution is 2.32. The number of nitrogens with zero attached hydrogens (tertiary/aromatic N) is 2. The van der Waals surface area contributed by atoms with Crippen molar-refractivity contribution in [3.05, 3.63) is 65.4 Å². The molecule has 0 atom stereocenters. The van der Waals surface area contributed by atoms with Crippen molar-refractivity contribution >= 4 is 16.9 Å².